The minimum absolute atomic E-state index is 0.0739. The number of nitrogens with one attached hydrogen (secondary N) is 2. The van der Waals surface area contributed by atoms with Crippen molar-refractivity contribution in [1.29, 1.82) is 0 Å². The van der Waals surface area contributed by atoms with Crippen molar-refractivity contribution in [2.45, 2.75) is 70.4 Å². The third-order valence-corrected chi connectivity index (χ3v) is 7.96. The number of β-amino-alcohol motifs (C(OH)–C–C–N with tert-alkyl or cyclic N) is 1. The molecule has 7 heteroatoms. The van der Waals surface area contributed by atoms with Crippen LogP contribution in [0, 0.1) is 5.41 Å². The Morgan fingerprint density at radius 3 is 2.69 bits per heavy atom. The predicted octanol–water partition coefficient (Wildman–Crippen LogP) is 3.46. The molecule has 186 valence electrons. The van der Waals surface area contributed by atoms with E-state index in [4.69, 9.17) is 0 Å². The molecule has 7 nitrogen and oxygen atoms in total. The van der Waals surface area contributed by atoms with Gasteiger partial charge in [-0.1, -0.05) is 56.4 Å². The van der Waals surface area contributed by atoms with Gasteiger partial charge in [0.05, 0.1) is 28.5 Å². The van der Waals surface area contributed by atoms with Crippen molar-refractivity contribution in [3.05, 3.63) is 58.9 Å². The first-order valence-corrected chi connectivity index (χ1v) is 13.1. The third kappa shape index (κ3) is 5.41. The molecular formula is C28H36N4O3. The van der Waals surface area contributed by atoms with Crippen LogP contribution in [-0.4, -0.2) is 52.5 Å². The monoisotopic (exact) mass is 476 g/mol. The van der Waals surface area contributed by atoms with Crippen molar-refractivity contribution >= 4 is 17.5 Å². The second-order valence-corrected chi connectivity index (χ2v) is 10.5. The van der Waals surface area contributed by atoms with Crippen LogP contribution in [0.5, 0.6) is 0 Å². The van der Waals surface area contributed by atoms with Crippen molar-refractivity contribution in [3.8, 4) is 0 Å². The zero-order valence-corrected chi connectivity index (χ0v) is 20.4. The van der Waals surface area contributed by atoms with Crippen molar-refractivity contribution in [3.63, 3.8) is 0 Å². The van der Waals surface area contributed by atoms with E-state index in [0.29, 0.717) is 24.2 Å². The Balaban J connectivity index is 1.16. The number of carbonyl (C=O) groups excluding carboxylic acids is 2. The second-order valence-electron chi connectivity index (χ2n) is 10.5. The molecule has 1 saturated carbocycles. The van der Waals surface area contributed by atoms with Gasteiger partial charge in [-0.15, -0.1) is 0 Å². The van der Waals surface area contributed by atoms with Gasteiger partial charge in [-0.2, -0.15) is 0 Å². The summed E-state index contributed by atoms with van der Waals surface area (Å²) < 4.78 is 0. The molecule has 1 spiro atoms. The maximum atomic E-state index is 13.1. The molecular weight excluding hydrogens is 440 g/mol. The van der Waals surface area contributed by atoms with E-state index in [0.717, 1.165) is 50.9 Å². The number of carbonyl (C=O) groups is 2. The molecule has 1 fully saturated rings. The summed E-state index contributed by atoms with van der Waals surface area (Å²) in [6.45, 7) is 2.40. The quantitative estimate of drug-likeness (QED) is 0.615. The Labute approximate surface area is 207 Å². The zero-order valence-electron chi connectivity index (χ0n) is 20.4. The number of hydrogen-bond donors (Lipinski definition) is 3. The van der Waals surface area contributed by atoms with Crippen molar-refractivity contribution in [2.75, 3.05) is 25.0 Å². The maximum Gasteiger partial charge on any atom is 0.253 e. The molecule has 3 aliphatic rings. The van der Waals surface area contributed by atoms with Crippen LogP contribution in [0.4, 0.5) is 5.69 Å². The van der Waals surface area contributed by atoms with Crippen LogP contribution in [0.25, 0.3) is 0 Å². The van der Waals surface area contributed by atoms with Gasteiger partial charge in [0.1, 0.15) is 0 Å². The zero-order chi connectivity index (χ0) is 24.3. The average Bonchev–Trinajstić information content (AvgIpc) is 2.85. The number of aliphatic hydroxyl groups is 1. The normalized spacial score (nSPS) is 20.7. The summed E-state index contributed by atoms with van der Waals surface area (Å²) in [6.07, 6.45) is 10.2. The number of nitrogens with zero attached hydrogens (tertiary/aromatic N) is 2. The van der Waals surface area contributed by atoms with E-state index >= 15 is 0 Å². The van der Waals surface area contributed by atoms with Crippen LogP contribution in [0.15, 0.2) is 36.5 Å². The lowest BCUT2D eigenvalue weighted by Gasteiger charge is -2.37. The largest absolute Gasteiger partial charge is 0.390 e. The first-order chi connectivity index (χ1) is 17.0. The lowest BCUT2D eigenvalue weighted by molar-refractivity contribution is -0.127. The van der Waals surface area contributed by atoms with Crippen LogP contribution in [0.1, 0.15) is 72.1 Å². The number of amides is 2. The van der Waals surface area contributed by atoms with Crippen LogP contribution in [-0.2, 0) is 24.2 Å². The van der Waals surface area contributed by atoms with Crippen molar-refractivity contribution in [1.82, 2.24) is 15.2 Å². The second kappa shape index (κ2) is 10.5. The van der Waals surface area contributed by atoms with Gasteiger partial charge in [-0.25, -0.2) is 0 Å². The van der Waals surface area contributed by atoms with E-state index in [1.807, 2.05) is 6.07 Å². The molecule has 2 aromatic rings. The van der Waals surface area contributed by atoms with Gasteiger partial charge in [-0.05, 0) is 36.5 Å². The van der Waals surface area contributed by atoms with Gasteiger partial charge >= 0.3 is 0 Å². The van der Waals surface area contributed by atoms with Crippen LogP contribution < -0.4 is 10.6 Å². The standard InChI is InChI=1S/C28H36N4O3/c33-23(19-32-13-10-20-8-4-5-9-21(20)18-32)17-30-26(34)22-14-24-25(29-16-22)15-28(27(35)31-24)11-6-2-1-3-7-12-28/h4-5,8-9,14,16,23,33H,1-3,6-7,10-13,15,17-19H2,(H,30,34)(H,31,35)/t23-/m0/s1. The number of aliphatic hydroxyl groups excluding tert-OH is 1. The summed E-state index contributed by atoms with van der Waals surface area (Å²) in [6, 6.07) is 10.1. The van der Waals surface area contributed by atoms with Gasteiger partial charge in [0, 0.05) is 38.8 Å². The molecule has 5 rings (SSSR count). The topological polar surface area (TPSA) is 94.6 Å². The highest BCUT2D eigenvalue weighted by molar-refractivity contribution is 6.00. The highest BCUT2D eigenvalue weighted by Crippen LogP contribution is 2.42. The highest BCUT2D eigenvalue weighted by atomic mass is 16.3. The van der Waals surface area contributed by atoms with Crippen molar-refractivity contribution < 1.29 is 14.7 Å². The Morgan fingerprint density at radius 2 is 1.89 bits per heavy atom. The fraction of sp³-hybridized carbons (Fsp3) is 0.536. The molecule has 1 aliphatic carbocycles. The lowest BCUT2D eigenvalue weighted by atomic mass is 9.70. The van der Waals surface area contributed by atoms with E-state index < -0.39 is 6.10 Å². The number of aromatic nitrogens is 1. The summed E-state index contributed by atoms with van der Waals surface area (Å²) >= 11 is 0. The minimum Gasteiger partial charge on any atom is -0.390 e. The fourth-order valence-corrected chi connectivity index (χ4v) is 5.89. The number of anilines is 1. The van der Waals surface area contributed by atoms with E-state index in [-0.39, 0.29) is 23.8 Å². The van der Waals surface area contributed by atoms with Crippen molar-refractivity contribution in [2.24, 2.45) is 5.41 Å². The van der Waals surface area contributed by atoms with Gasteiger partial charge in [0.15, 0.2) is 0 Å². The molecule has 3 heterocycles. The summed E-state index contributed by atoms with van der Waals surface area (Å²) in [4.78, 5) is 32.6. The van der Waals surface area contributed by atoms with E-state index in [1.54, 1.807) is 12.3 Å². The lowest BCUT2D eigenvalue weighted by Crippen LogP contribution is -2.43. The molecule has 3 N–H and O–H groups in total. The Kier molecular flexibility index (Phi) is 7.16. The molecule has 2 amide bonds. The Morgan fingerprint density at radius 1 is 1.14 bits per heavy atom. The third-order valence-electron chi connectivity index (χ3n) is 7.96. The number of hydrogen-bond acceptors (Lipinski definition) is 5. The molecule has 1 atom stereocenters. The van der Waals surface area contributed by atoms with Gasteiger partial charge < -0.3 is 15.7 Å². The molecule has 35 heavy (non-hydrogen) atoms. The summed E-state index contributed by atoms with van der Waals surface area (Å²) in [5.41, 5.74) is 4.23. The maximum absolute atomic E-state index is 13.1. The summed E-state index contributed by atoms with van der Waals surface area (Å²) in [5.74, 6) is -0.214. The highest BCUT2D eigenvalue weighted by Gasteiger charge is 2.42. The molecule has 1 aromatic heterocycles. The van der Waals surface area contributed by atoms with E-state index in [9.17, 15) is 14.7 Å². The van der Waals surface area contributed by atoms with E-state index in [1.165, 1.54) is 30.4 Å². The van der Waals surface area contributed by atoms with Crippen LogP contribution >= 0.6 is 0 Å². The molecule has 0 saturated heterocycles. The fourth-order valence-electron chi connectivity index (χ4n) is 5.89. The number of benzene rings is 1. The van der Waals surface area contributed by atoms with Crippen LogP contribution in [0.2, 0.25) is 0 Å². The van der Waals surface area contributed by atoms with E-state index in [2.05, 4.69) is 38.7 Å². The number of pyridine rings is 1. The first-order valence-electron chi connectivity index (χ1n) is 13.1. The SMILES string of the molecule is O=C(NC[C@H](O)CN1CCc2ccccc2C1)c1cnc2c(c1)NC(=O)C1(CCCCCCC1)C2. The Hall–Kier alpha value is -2.77. The molecule has 2 aliphatic heterocycles. The smallest absolute Gasteiger partial charge is 0.253 e. The molecule has 0 bridgehead atoms. The minimum atomic E-state index is -0.659. The van der Waals surface area contributed by atoms with Gasteiger partial charge in [0.2, 0.25) is 5.91 Å². The summed E-state index contributed by atoms with van der Waals surface area (Å²) in [7, 11) is 0. The van der Waals surface area contributed by atoms with Gasteiger partial charge in [-0.3, -0.25) is 19.5 Å². The molecule has 1 aromatic carbocycles. The number of fused-ring (bicyclic) bond motifs is 2. The molecule has 0 radical (unpaired) electrons. The average molecular weight is 477 g/mol. The Bertz CT molecular complexity index is 1080. The molecule has 0 unspecified atom stereocenters. The van der Waals surface area contributed by atoms with Gasteiger partial charge in [0.25, 0.3) is 5.91 Å². The van der Waals surface area contributed by atoms with Crippen LogP contribution in [0.3, 0.4) is 0 Å². The predicted molar refractivity (Wildman–Crippen MR) is 135 cm³/mol. The summed E-state index contributed by atoms with van der Waals surface area (Å²) in [5, 5.41) is 16.4. The first kappa shape index (κ1) is 23.9. The number of rotatable bonds is 5.